The van der Waals surface area contributed by atoms with Gasteiger partial charge in [-0.2, -0.15) is 0 Å². The van der Waals surface area contributed by atoms with E-state index in [2.05, 4.69) is 13.0 Å². The lowest BCUT2D eigenvalue weighted by Gasteiger charge is -2.15. The first kappa shape index (κ1) is 12.7. The zero-order chi connectivity index (χ0) is 12.8. The van der Waals surface area contributed by atoms with Crippen LogP contribution in [-0.2, 0) is 6.42 Å². The minimum Gasteiger partial charge on any atom is -0.491 e. The van der Waals surface area contributed by atoms with Crippen LogP contribution in [0, 0.1) is 0 Å². The molecule has 0 spiro atoms. The molecule has 0 aliphatic rings. The van der Waals surface area contributed by atoms with Crippen molar-refractivity contribution < 1.29 is 4.74 Å². The second-order valence-electron chi connectivity index (χ2n) is 4.29. The maximum absolute atomic E-state index is 6.11. The van der Waals surface area contributed by atoms with Crippen LogP contribution >= 0.6 is 0 Å². The zero-order valence-electron chi connectivity index (χ0n) is 10.7. The van der Waals surface area contributed by atoms with E-state index in [1.54, 1.807) is 0 Å². The van der Waals surface area contributed by atoms with Gasteiger partial charge in [0.25, 0.3) is 0 Å². The molecule has 2 aromatic carbocycles. The fourth-order valence-electron chi connectivity index (χ4n) is 1.91. The predicted octanol–water partition coefficient (Wildman–Crippen LogP) is 3.33. The summed E-state index contributed by atoms with van der Waals surface area (Å²) in [5.74, 6) is 0.936. The number of hydrogen-bond acceptors (Lipinski definition) is 2. The van der Waals surface area contributed by atoms with Crippen LogP contribution in [-0.4, -0.2) is 6.61 Å². The van der Waals surface area contributed by atoms with E-state index in [1.165, 1.54) is 5.56 Å². The molecule has 0 saturated carbocycles. The summed E-state index contributed by atoms with van der Waals surface area (Å²) in [6, 6.07) is 18.1. The minimum absolute atomic E-state index is 0.0869. The number of nitrogens with two attached hydrogens (primary N) is 1. The van der Waals surface area contributed by atoms with E-state index in [1.807, 2.05) is 48.5 Å². The van der Waals surface area contributed by atoms with Crippen LogP contribution in [0.15, 0.2) is 54.6 Å². The normalized spacial score (nSPS) is 12.1. The molecule has 2 heteroatoms. The van der Waals surface area contributed by atoms with Crippen LogP contribution in [0.3, 0.4) is 0 Å². The summed E-state index contributed by atoms with van der Waals surface area (Å²) < 4.78 is 5.82. The molecule has 0 fully saturated rings. The van der Waals surface area contributed by atoms with Gasteiger partial charge in [0, 0.05) is 0 Å². The highest BCUT2D eigenvalue weighted by molar-refractivity contribution is 5.33. The third-order valence-electron chi connectivity index (χ3n) is 3.00. The smallest absolute Gasteiger partial charge is 0.122 e. The summed E-state index contributed by atoms with van der Waals surface area (Å²) in [6.07, 6.45) is 0.969. The van der Waals surface area contributed by atoms with E-state index in [-0.39, 0.29) is 6.04 Å². The molecule has 94 valence electrons. The molecule has 1 atom stereocenters. The molecule has 0 amide bonds. The van der Waals surface area contributed by atoms with E-state index < -0.39 is 0 Å². The summed E-state index contributed by atoms with van der Waals surface area (Å²) in [5.41, 5.74) is 8.43. The highest BCUT2D eigenvalue weighted by atomic mass is 16.5. The van der Waals surface area contributed by atoms with Gasteiger partial charge in [-0.15, -0.1) is 0 Å². The maximum Gasteiger partial charge on any atom is 0.122 e. The highest BCUT2D eigenvalue weighted by Crippen LogP contribution is 2.20. The first-order chi connectivity index (χ1) is 8.81. The van der Waals surface area contributed by atoms with Crippen LogP contribution in [0.5, 0.6) is 5.75 Å². The third kappa shape index (κ3) is 3.11. The largest absolute Gasteiger partial charge is 0.491 e. The predicted molar refractivity (Wildman–Crippen MR) is 74.7 cm³/mol. The first-order valence-electron chi connectivity index (χ1n) is 6.32. The van der Waals surface area contributed by atoms with Crippen molar-refractivity contribution in [1.82, 2.24) is 0 Å². The lowest BCUT2D eigenvalue weighted by molar-refractivity contribution is 0.288. The van der Waals surface area contributed by atoms with Gasteiger partial charge < -0.3 is 10.5 Å². The van der Waals surface area contributed by atoms with Gasteiger partial charge in [-0.1, -0.05) is 55.5 Å². The summed E-state index contributed by atoms with van der Waals surface area (Å²) in [7, 11) is 0. The van der Waals surface area contributed by atoms with Crippen molar-refractivity contribution in [3.05, 3.63) is 65.7 Å². The summed E-state index contributed by atoms with van der Waals surface area (Å²) in [5, 5.41) is 0. The molecule has 18 heavy (non-hydrogen) atoms. The van der Waals surface area contributed by atoms with Gasteiger partial charge in [0.1, 0.15) is 12.4 Å². The molecular weight excluding hydrogens is 222 g/mol. The van der Waals surface area contributed by atoms with Gasteiger partial charge in [0.05, 0.1) is 6.04 Å². The Morgan fingerprint density at radius 2 is 1.67 bits per heavy atom. The number of para-hydroxylation sites is 1. The molecule has 0 aromatic heterocycles. The second kappa shape index (κ2) is 6.22. The lowest BCUT2D eigenvalue weighted by Crippen LogP contribution is -2.19. The molecule has 2 nitrogen and oxygen atoms in total. The van der Waals surface area contributed by atoms with Crippen LogP contribution in [0.25, 0.3) is 0 Å². The molecule has 2 rings (SSSR count). The van der Waals surface area contributed by atoms with Crippen molar-refractivity contribution in [2.45, 2.75) is 19.4 Å². The van der Waals surface area contributed by atoms with Crippen molar-refractivity contribution in [3.8, 4) is 5.75 Å². The number of hydrogen-bond donors (Lipinski definition) is 1. The Bertz CT molecular complexity index is 481. The van der Waals surface area contributed by atoms with E-state index >= 15 is 0 Å². The molecule has 0 aliphatic heterocycles. The Hall–Kier alpha value is -1.80. The van der Waals surface area contributed by atoms with E-state index in [9.17, 15) is 0 Å². The third-order valence-corrected chi connectivity index (χ3v) is 3.00. The molecule has 2 N–H and O–H groups in total. The molecular formula is C16H19NO. The summed E-state index contributed by atoms with van der Waals surface area (Å²) in [4.78, 5) is 0. The van der Waals surface area contributed by atoms with Crippen LogP contribution in [0.4, 0.5) is 0 Å². The van der Waals surface area contributed by atoms with Crippen molar-refractivity contribution in [1.29, 1.82) is 0 Å². The van der Waals surface area contributed by atoms with Crippen LogP contribution in [0.2, 0.25) is 0 Å². The van der Waals surface area contributed by atoms with Crippen LogP contribution in [0.1, 0.15) is 24.1 Å². The van der Waals surface area contributed by atoms with Crippen LogP contribution < -0.4 is 10.5 Å². The Kier molecular flexibility index (Phi) is 4.37. The molecule has 0 bridgehead atoms. The van der Waals surface area contributed by atoms with Crippen molar-refractivity contribution in [3.63, 3.8) is 0 Å². The standard InChI is InChI=1S/C16H19NO/c1-2-13-8-6-7-11-16(13)18-12-15(17)14-9-4-3-5-10-14/h3-11,15H,2,12,17H2,1H3. The van der Waals surface area contributed by atoms with Crippen molar-refractivity contribution in [2.75, 3.05) is 6.61 Å². The monoisotopic (exact) mass is 241 g/mol. The van der Waals surface area contributed by atoms with Gasteiger partial charge >= 0.3 is 0 Å². The quantitative estimate of drug-likeness (QED) is 0.871. The SMILES string of the molecule is CCc1ccccc1OCC(N)c1ccccc1. The molecule has 0 aliphatic carbocycles. The summed E-state index contributed by atoms with van der Waals surface area (Å²) >= 11 is 0. The highest BCUT2D eigenvalue weighted by Gasteiger charge is 2.07. The van der Waals surface area contributed by atoms with Gasteiger partial charge in [0.15, 0.2) is 0 Å². The van der Waals surface area contributed by atoms with Gasteiger partial charge in [-0.3, -0.25) is 0 Å². The maximum atomic E-state index is 6.11. The first-order valence-corrected chi connectivity index (χ1v) is 6.32. The van der Waals surface area contributed by atoms with E-state index in [4.69, 9.17) is 10.5 Å². The average molecular weight is 241 g/mol. The van der Waals surface area contributed by atoms with E-state index in [0.717, 1.165) is 17.7 Å². The van der Waals surface area contributed by atoms with Gasteiger partial charge in [0.2, 0.25) is 0 Å². The molecule has 1 unspecified atom stereocenters. The van der Waals surface area contributed by atoms with Gasteiger partial charge in [-0.25, -0.2) is 0 Å². The Labute approximate surface area is 108 Å². The number of rotatable bonds is 5. The van der Waals surface area contributed by atoms with E-state index in [0.29, 0.717) is 6.61 Å². The fourth-order valence-corrected chi connectivity index (χ4v) is 1.91. The number of aryl methyl sites for hydroxylation is 1. The molecule has 0 saturated heterocycles. The Morgan fingerprint density at radius 1 is 1.00 bits per heavy atom. The molecule has 0 radical (unpaired) electrons. The number of ether oxygens (including phenoxy) is 1. The van der Waals surface area contributed by atoms with Gasteiger partial charge in [-0.05, 0) is 23.6 Å². The Balaban J connectivity index is 1.99. The van der Waals surface area contributed by atoms with Crippen molar-refractivity contribution in [2.24, 2.45) is 5.73 Å². The second-order valence-corrected chi connectivity index (χ2v) is 4.29. The fraction of sp³-hybridized carbons (Fsp3) is 0.250. The molecule has 0 heterocycles. The molecule has 2 aromatic rings. The zero-order valence-corrected chi connectivity index (χ0v) is 10.7. The number of benzene rings is 2. The summed E-state index contributed by atoms with van der Waals surface area (Å²) in [6.45, 7) is 2.63. The lowest BCUT2D eigenvalue weighted by atomic mass is 10.1. The minimum atomic E-state index is -0.0869. The Morgan fingerprint density at radius 3 is 2.39 bits per heavy atom. The average Bonchev–Trinajstić information content (AvgIpc) is 2.46. The topological polar surface area (TPSA) is 35.2 Å². The van der Waals surface area contributed by atoms with Crippen molar-refractivity contribution >= 4 is 0 Å².